The molecule has 0 spiro atoms. The number of aromatic nitrogens is 1. The zero-order valence-electron chi connectivity index (χ0n) is 17.1. The van der Waals surface area contributed by atoms with Gasteiger partial charge in [0.05, 0.1) is 0 Å². The van der Waals surface area contributed by atoms with E-state index in [2.05, 4.69) is 15.6 Å². The highest BCUT2D eigenvalue weighted by molar-refractivity contribution is 5.90. The largest absolute Gasteiger partial charge is 0.389 e. The highest BCUT2D eigenvalue weighted by Gasteiger charge is 2.34. The van der Waals surface area contributed by atoms with Crippen LogP contribution < -0.4 is 10.6 Å². The van der Waals surface area contributed by atoms with E-state index >= 15 is 0 Å². The Bertz CT molecular complexity index is 1090. The number of halogens is 1. The van der Waals surface area contributed by atoms with E-state index in [1.807, 2.05) is 37.3 Å². The van der Waals surface area contributed by atoms with E-state index in [1.54, 1.807) is 12.1 Å². The number of aliphatic hydroxyl groups is 1. The van der Waals surface area contributed by atoms with Crippen molar-refractivity contribution in [3.05, 3.63) is 71.5 Å². The van der Waals surface area contributed by atoms with Gasteiger partial charge in [-0.05, 0) is 60.4 Å². The van der Waals surface area contributed by atoms with Crippen LogP contribution in [0.4, 0.5) is 4.39 Å². The van der Waals surface area contributed by atoms with E-state index < -0.39 is 12.1 Å². The summed E-state index contributed by atoms with van der Waals surface area (Å²) in [5.41, 5.74) is 5.64. The molecule has 1 saturated heterocycles. The van der Waals surface area contributed by atoms with Gasteiger partial charge in [-0.3, -0.25) is 9.59 Å². The molecule has 6 nitrogen and oxygen atoms in total. The molecule has 2 atom stereocenters. The van der Waals surface area contributed by atoms with Crippen molar-refractivity contribution in [2.24, 2.45) is 0 Å². The third kappa shape index (κ3) is 4.67. The third-order valence-electron chi connectivity index (χ3n) is 5.49. The minimum Gasteiger partial charge on any atom is -0.389 e. The van der Waals surface area contributed by atoms with E-state index in [0.717, 1.165) is 33.6 Å². The Balaban J connectivity index is 1.56. The number of rotatable bonds is 6. The lowest BCUT2D eigenvalue weighted by molar-refractivity contribution is -0.128. The molecule has 2 heterocycles. The number of hydrogen-bond donors (Lipinski definition) is 4. The second-order valence-corrected chi connectivity index (χ2v) is 7.81. The Hall–Kier alpha value is -3.45. The van der Waals surface area contributed by atoms with E-state index in [4.69, 9.17) is 0 Å². The molecule has 3 aromatic rings. The molecule has 7 heteroatoms. The number of aromatic amines is 1. The van der Waals surface area contributed by atoms with Crippen molar-refractivity contribution >= 4 is 11.8 Å². The fourth-order valence-corrected chi connectivity index (χ4v) is 3.72. The van der Waals surface area contributed by atoms with E-state index in [0.29, 0.717) is 6.42 Å². The highest BCUT2D eigenvalue weighted by atomic mass is 19.1. The van der Waals surface area contributed by atoms with Crippen LogP contribution in [-0.2, 0) is 16.0 Å². The lowest BCUT2D eigenvalue weighted by Crippen LogP contribution is -2.45. The monoisotopic (exact) mass is 421 g/mol. The fourth-order valence-electron chi connectivity index (χ4n) is 3.72. The summed E-state index contributed by atoms with van der Waals surface area (Å²) in [5, 5.41) is 15.0. The first-order chi connectivity index (χ1) is 14.9. The van der Waals surface area contributed by atoms with Crippen LogP contribution in [-0.4, -0.2) is 40.6 Å². The van der Waals surface area contributed by atoms with Crippen LogP contribution in [0.3, 0.4) is 0 Å². The molecule has 1 aromatic heterocycles. The van der Waals surface area contributed by atoms with Crippen LogP contribution in [0.15, 0.2) is 54.6 Å². The van der Waals surface area contributed by atoms with Crippen LogP contribution in [0.5, 0.6) is 0 Å². The number of nitrogens with one attached hydrogen (secondary N) is 3. The van der Waals surface area contributed by atoms with Crippen molar-refractivity contribution in [1.82, 2.24) is 15.6 Å². The van der Waals surface area contributed by atoms with Crippen LogP contribution in [0.1, 0.15) is 17.5 Å². The summed E-state index contributed by atoms with van der Waals surface area (Å²) in [6.45, 7) is 2.15. The average Bonchev–Trinajstić information content (AvgIpc) is 3.32. The maximum atomic E-state index is 13.3. The maximum Gasteiger partial charge on any atom is 0.245 e. The molecular formula is C24H24FN3O3. The molecule has 4 N–H and O–H groups in total. The first-order valence-corrected chi connectivity index (χ1v) is 10.2. The molecular weight excluding hydrogens is 397 g/mol. The molecule has 1 aliphatic heterocycles. The number of amides is 2. The minimum absolute atomic E-state index is 0.139. The predicted octanol–water partition coefficient (Wildman–Crippen LogP) is 2.70. The third-order valence-corrected chi connectivity index (χ3v) is 5.49. The smallest absolute Gasteiger partial charge is 0.245 e. The Morgan fingerprint density at radius 3 is 2.45 bits per heavy atom. The second kappa shape index (κ2) is 8.73. The Morgan fingerprint density at radius 2 is 1.81 bits per heavy atom. The first-order valence-electron chi connectivity index (χ1n) is 10.2. The summed E-state index contributed by atoms with van der Waals surface area (Å²) in [5.74, 6) is -0.981. The van der Waals surface area contributed by atoms with Gasteiger partial charge < -0.3 is 20.7 Å². The number of hydrogen-bond acceptors (Lipinski definition) is 3. The molecule has 4 rings (SSSR count). The van der Waals surface area contributed by atoms with Crippen LogP contribution >= 0.6 is 0 Å². The molecule has 31 heavy (non-hydrogen) atoms. The molecule has 1 fully saturated rings. The Labute approximate surface area is 179 Å². The number of benzene rings is 2. The Kier molecular flexibility index (Phi) is 5.86. The molecule has 2 aromatic carbocycles. The summed E-state index contributed by atoms with van der Waals surface area (Å²) in [4.78, 5) is 27.5. The van der Waals surface area contributed by atoms with E-state index in [9.17, 15) is 19.1 Å². The van der Waals surface area contributed by atoms with Crippen molar-refractivity contribution in [1.29, 1.82) is 0 Å². The lowest BCUT2D eigenvalue weighted by atomic mass is 10.0. The van der Waals surface area contributed by atoms with Gasteiger partial charge in [0, 0.05) is 24.4 Å². The number of H-pyrrole nitrogens is 1. The molecule has 0 saturated carbocycles. The van der Waals surface area contributed by atoms with Gasteiger partial charge in [0.25, 0.3) is 0 Å². The van der Waals surface area contributed by atoms with Crippen LogP contribution in [0.25, 0.3) is 22.5 Å². The van der Waals surface area contributed by atoms with Crippen LogP contribution in [0, 0.1) is 12.7 Å². The number of carbonyl (C=O) groups excluding carboxylic acids is 2. The van der Waals surface area contributed by atoms with Crippen molar-refractivity contribution in [3.8, 4) is 22.5 Å². The highest BCUT2D eigenvalue weighted by Crippen LogP contribution is 2.30. The van der Waals surface area contributed by atoms with Gasteiger partial charge in [-0.15, -0.1) is 0 Å². The average molecular weight is 421 g/mol. The summed E-state index contributed by atoms with van der Waals surface area (Å²) in [7, 11) is 0. The molecule has 2 amide bonds. The number of aryl methyl sites for hydroxylation is 2. The van der Waals surface area contributed by atoms with Gasteiger partial charge in [0.2, 0.25) is 11.8 Å². The minimum atomic E-state index is -0.920. The van der Waals surface area contributed by atoms with Gasteiger partial charge in [-0.1, -0.05) is 29.8 Å². The van der Waals surface area contributed by atoms with Crippen molar-refractivity contribution in [3.63, 3.8) is 0 Å². The fraction of sp³-hybridized carbons (Fsp3) is 0.250. The van der Waals surface area contributed by atoms with Crippen LogP contribution in [0.2, 0.25) is 0 Å². The summed E-state index contributed by atoms with van der Waals surface area (Å²) >= 11 is 0. The topological polar surface area (TPSA) is 94.2 Å². The lowest BCUT2D eigenvalue weighted by Gasteiger charge is -2.13. The molecule has 160 valence electrons. The van der Waals surface area contributed by atoms with Gasteiger partial charge in [-0.2, -0.15) is 0 Å². The van der Waals surface area contributed by atoms with Crippen molar-refractivity contribution in [2.45, 2.75) is 31.9 Å². The van der Waals surface area contributed by atoms with E-state index in [1.165, 1.54) is 12.1 Å². The summed E-state index contributed by atoms with van der Waals surface area (Å²) in [6.07, 6.45) is -0.315. The summed E-state index contributed by atoms with van der Waals surface area (Å²) in [6, 6.07) is 15.3. The zero-order valence-corrected chi connectivity index (χ0v) is 17.1. The van der Waals surface area contributed by atoms with E-state index in [-0.39, 0.29) is 30.6 Å². The predicted molar refractivity (Wildman–Crippen MR) is 116 cm³/mol. The molecule has 1 aliphatic rings. The normalized spacial score (nSPS) is 18.1. The Morgan fingerprint density at radius 1 is 1.13 bits per heavy atom. The standard InChI is InChI=1S/C24H24FN3O3/c1-14-2-4-16(5-3-14)22-17(12-19(27-22)15-6-9-18(25)10-7-15)8-11-21(30)28-23-20(29)13-26-24(23)31/h2-7,9-10,12,20,23,27,29H,8,11,13H2,1H3,(H,26,31)(H,28,30)/t20-,23+/m1/s1. The van der Waals surface area contributed by atoms with Crippen molar-refractivity contribution in [2.75, 3.05) is 6.54 Å². The maximum absolute atomic E-state index is 13.3. The SMILES string of the molecule is Cc1ccc(-c2[nH]c(-c3ccc(F)cc3)cc2CCC(=O)N[C@@H]2C(=O)NC[C@H]2O)cc1. The molecule has 0 unspecified atom stereocenters. The zero-order chi connectivity index (χ0) is 22.0. The second-order valence-electron chi connectivity index (χ2n) is 7.81. The van der Waals surface area contributed by atoms with Gasteiger partial charge in [-0.25, -0.2) is 4.39 Å². The molecule has 0 bridgehead atoms. The van der Waals surface area contributed by atoms with Gasteiger partial charge in [0.15, 0.2) is 0 Å². The number of carbonyl (C=O) groups is 2. The quantitative estimate of drug-likeness (QED) is 0.493. The van der Waals surface area contributed by atoms with Gasteiger partial charge >= 0.3 is 0 Å². The summed E-state index contributed by atoms with van der Waals surface area (Å²) < 4.78 is 13.3. The first kappa shape index (κ1) is 20.8. The number of β-amino-alcohol motifs (C(OH)–C–C–N with tert-alkyl or cyclic N) is 1. The van der Waals surface area contributed by atoms with Gasteiger partial charge in [0.1, 0.15) is 18.0 Å². The van der Waals surface area contributed by atoms with Crippen molar-refractivity contribution < 1.29 is 19.1 Å². The molecule has 0 radical (unpaired) electrons. The molecule has 0 aliphatic carbocycles. The number of aliphatic hydroxyl groups excluding tert-OH is 1.